The van der Waals surface area contributed by atoms with E-state index in [0.717, 1.165) is 25.3 Å². The van der Waals surface area contributed by atoms with Crippen molar-refractivity contribution in [3.05, 3.63) is 34.0 Å². The predicted octanol–water partition coefficient (Wildman–Crippen LogP) is 1.10. The van der Waals surface area contributed by atoms with Gasteiger partial charge in [0.1, 0.15) is 11.5 Å². The molecular formula is C20H23NO6. The molecule has 0 bridgehead atoms. The van der Waals surface area contributed by atoms with Crippen molar-refractivity contribution >= 4 is 11.6 Å². The Morgan fingerprint density at radius 2 is 1.48 bits per heavy atom. The summed E-state index contributed by atoms with van der Waals surface area (Å²) in [5.41, 5.74) is -3.12. The number of allylic oxidation sites excluding steroid dienone is 2. The van der Waals surface area contributed by atoms with Crippen LogP contribution >= 0.6 is 0 Å². The molecule has 5 N–H and O–H groups in total. The lowest BCUT2D eigenvalue weighted by Crippen LogP contribution is -2.55. The number of nitrogens with one attached hydrogen (secondary N) is 1. The average molecular weight is 373 g/mol. The summed E-state index contributed by atoms with van der Waals surface area (Å²) in [6.07, 6.45) is 3.72. The maximum Gasteiger partial charge on any atom is 0.213 e. The Bertz CT molecular complexity index is 908. The number of carbonyl (C=O) groups is 2. The third kappa shape index (κ3) is 2.49. The first-order valence-corrected chi connectivity index (χ1v) is 9.15. The van der Waals surface area contributed by atoms with Crippen molar-refractivity contribution in [3.63, 3.8) is 0 Å². The van der Waals surface area contributed by atoms with Crippen molar-refractivity contribution in [2.75, 3.05) is 0 Å². The third-order valence-electron chi connectivity index (χ3n) is 6.32. The van der Waals surface area contributed by atoms with Crippen LogP contribution in [0.4, 0.5) is 0 Å². The first-order chi connectivity index (χ1) is 12.5. The van der Waals surface area contributed by atoms with Gasteiger partial charge in [-0.05, 0) is 33.1 Å². The lowest BCUT2D eigenvalue weighted by molar-refractivity contribution is -0.135. The highest BCUT2D eigenvalue weighted by atomic mass is 16.4. The van der Waals surface area contributed by atoms with Crippen molar-refractivity contribution in [2.45, 2.75) is 63.2 Å². The number of hydrogen-bond acceptors (Lipinski definition) is 7. The Kier molecular flexibility index (Phi) is 3.71. The fraction of sp³-hybridized carbons (Fsp3) is 0.500. The van der Waals surface area contributed by atoms with Crippen LogP contribution in [-0.4, -0.2) is 49.2 Å². The van der Waals surface area contributed by atoms with Gasteiger partial charge in [0.2, 0.25) is 5.78 Å². The van der Waals surface area contributed by atoms with Crippen LogP contribution in [0.5, 0.6) is 11.5 Å². The first kappa shape index (κ1) is 18.0. The van der Waals surface area contributed by atoms with Crippen LogP contribution in [0.3, 0.4) is 0 Å². The smallest absolute Gasteiger partial charge is 0.213 e. The second kappa shape index (κ2) is 5.56. The highest BCUT2D eigenvalue weighted by molar-refractivity contribution is 6.26. The number of hydrogen-bond donors (Lipinski definition) is 5. The molecule has 0 heterocycles. The van der Waals surface area contributed by atoms with Crippen molar-refractivity contribution in [1.82, 2.24) is 5.32 Å². The summed E-state index contributed by atoms with van der Waals surface area (Å²) in [6, 6.07) is 0.124. The van der Waals surface area contributed by atoms with E-state index in [9.17, 15) is 30.0 Å². The van der Waals surface area contributed by atoms with E-state index in [1.807, 2.05) is 0 Å². The first-order valence-electron chi connectivity index (χ1n) is 9.15. The monoisotopic (exact) mass is 373 g/mol. The summed E-state index contributed by atoms with van der Waals surface area (Å²) in [4.78, 5) is 25.5. The molecule has 0 aromatic heterocycles. The minimum absolute atomic E-state index is 0.112. The molecule has 0 amide bonds. The molecule has 0 radical (unpaired) electrons. The largest absolute Gasteiger partial charge is 0.507 e. The molecule has 1 aromatic carbocycles. The van der Waals surface area contributed by atoms with Crippen molar-refractivity contribution in [3.8, 4) is 11.5 Å². The number of aliphatic hydroxyl groups is 2. The molecule has 3 aliphatic rings. The van der Waals surface area contributed by atoms with E-state index < -0.39 is 34.3 Å². The van der Waals surface area contributed by atoms with Gasteiger partial charge in [-0.3, -0.25) is 9.59 Å². The summed E-state index contributed by atoms with van der Waals surface area (Å²) >= 11 is 0. The van der Waals surface area contributed by atoms with Crippen LogP contribution in [0.25, 0.3) is 0 Å². The number of rotatable bonds is 2. The maximum atomic E-state index is 12.9. The normalized spacial score (nSPS) is 30.3. The number of ketones is 2. The number of Topliss-reactive ketones (excluding diaryl/α,β-unsaturated/α-hetero) is 1. The summed E-state index contributed by atoms with van der Waals surface area (Å²) in [7, 11) is 0. The Hall–Kier alpha value is -2.38. The number of fused-ring (bicyclic) bond motifs is 2. The van der Waals surface area contributed by atoms with E-state index >= 15 is 0 Å². The fourth-order valence-electron chi connectivity index (χ4n) is 4.02. The molecule has 7 nitrogen and oxygen atoms in total. The molecule has 4 rings (SSSR count). The van der Waals surface area contributed by atoms with E-state index in [-0.39, 0.29) is 46.8 Å². The Morgan fingerprint density at radius 3 is 1.96 bits per heavy atom. The van der Waals surface area contributed by atoms with E-state index in [0.29, 0.717) is 0 Å². The molecule has 1 fully saturated rings. The molecule has 1 saturated carbocycles. The summed E-state index contributed by atoms with van der Waals surface area (Å²) in [5, 5.41) is 45.6. The number of phenols is 2. The lowest BCUT2D eigenvalue weighted by Gasteiger charge is -2.44. The summed E-state index contributed by atoms with van der Waals surface area (Å²) in [6.45, 7) is 2.86. The Balaban J connectivity index is 1.86. The molecule has 0 unspecified atom stereocenters. The minimum atomic E-state index is -1.57. The molecule has 0 aliphatic heterocycles. The van der Waals surface area contributed by atoms with E-state index in [4.69, 9.17) is 0 Å². The Labute approximate surface area is 156 Å². The molecule has 2 atom stereocenters. The minimum Gasteiger partial charge on any atom is -0.507 e. The van der Waals surface area contributed by atoms with Gasteiger partial charge in [0.25, 0.3) is 0 Å². The van der Waals surface area contributed by atoms with Crippen LogP contribution in [-0.2, 0) is 12.8 Å². The third-order valence-corrected chi connectivity index (χ3v) is 6.32. The quantitative estimate of drug-likeness (QED) is 0.491. The average Bonchev–Trinajstić information content (AvgIpc) is 2.53. The summed E-state index contributed by atoms with van der Waals surface area (Å²) < 4.78 is 0. The van der Waals surface area contributed by atoms with Gasteiger partial charge in [0.15, 0.2) is 5.78 Å². The topological polar surface area (TPSA) is 127 Å². The van der Waals surface area contributed by atoms with Gasteiger partial charge in [-0.2, -0.15) is 0 Å². The van der Waals surface area contributed by atoms with Gasteiger partial charge < -0.3 is 25.7 Å². The van der Waals surface area contributed by atoms with Gasteiger partial charge in [0, 0.05) is 36.1 Å². The van der Waals surface area contributed by atoms with Gasteiger partial charge in [-0.1, -0.05) is 0 Å². The predicted molar refractivity (Wildman–Crippen MR) is 95.9 cm³/mol. The maximum absolute atomic E-state index is 12.9. The molecule has 144 valence electrons. The van der Waals surface area contributed by atoms with Crippen LogP contribution < -0.4 is 5.32 Å². The highest BCUT2D eigenvalue weighted by Crippen LogP contribution is 2.48. The van der Waals surface area contributed by atoms with E-state index in [2.05, 4.69) is 5.32 Å². The van der Waals surface area contributed by atoms with Crippen molar-refractivity contribution in [1.29, 1.82) is 0 Å². The van der Waals surface area contributed by atoms with Gasteiger partial charge in [-0.15, -0.1) is 0 Å². The van der Waals surface area contributed by atoms with Crippen LogP contribution in [0.2, 0.25) is 0 Å². The van der Waals surface area contributed by atoms with Crippen LogP contribution in [0.1, 0.15) is 65.0 Å². The van der Waals surface area contributed by atoms with E-state index in [1.54, 1.807) is 0 Å². The van der Waals surface area contributed by atoms with E-state index in [1.165, 1.54) is 13.8 Å². The standard InChI is InChI=1S/C20H23NO6/c1-19(26)7-10-11(8-20(19,2)27)17(24)15-14(16(10)23)13(22)6-12(18(15)25)21-9-4-3-5-9/h6,9,21,23-24,26-27H,3-5,7-8H2,1-2H3/t19-,20+/m1/s1. The SMILES string of the molecule is C[C@]1(O)Cc2c(O)c3c(c(O)c2C[C@@]1(C)O)C(=O)C=C(NC1CCC1)C3=O. The van der Waals surface area contributed by atoms with Gasteiger partial charge in [0.05, 0.1) is 28.0 Å². The highest BCUT2D eigenvalue weighted by Gasteiger charge is 2.49. The second-order valence-electron chi connectivity index (χ2n) is 8.33. The van der Waals surface area contributed by atoms with Gasteiger partial charge in [-0.25, -0.2) is 0 Å². The summed E-state index contributed by atoms with van der Waals surface area (Å²) in [5.74, 6) is -1.94. The number of carbonyl (C=O) groups excluding carboxylic acids is 2. The van der Waals surface area contributed by atoms with Gasteiger partial charge >= 0.3 is 0 Å². The molecule has 7 heteroatoms. The molecular weight excluding hydrogens is 350 g/mol. The lowest BCUT2D eigenvalue weighted by atomic mass is 9.69. The van der Waals surface area contributed by atoms with Crippen molar-refractivity contribution < 1.29 is 30.0 Å². The van der Waals surface area contributed by atoms with Crippen LogP contribution in [0.15, 0.2) is 11.8 Å². The molecule has 0 saturated heterocycles. The fourth-order valence-corrected chi connectivity index (χ4v) is 4.02. The molecule has 1 aromatic rings. The molecule has 27 heavy (non-hydrogen) atoms. The number of aromatic hydroxyl groups is 2. The van der Waals surface area contributed by atoms with Crippen molar-refractivity contribution in [2.24, 2.45) is 0 Å². The van der Waals surface area contributed by atoms with Crippen LogP contribution in [0, 0.1) is 0 Å². The zero-order valence-corrected chi connectivity index (χ0v) is 15.3. The zero-order chi connectivity index (χ0) is 19.7. The zero-order valence-electron chi connectivity index (χ0n) is 15.3. The second-order valence-corrected chi connectivity index (χ2v) is 8.33. The molecule has 0 spiro atoms. The Morgan fingerprint density at radius 1 is 0.963 bits per heavy atom. The number of benzene rings is 1. The number of phenolic OH excluding ortho intramolecular Hbond substituents is 2. The molecule has 3 aliphatic carbocycles.